The van der Waals surface area contributed by atoms with Crippen LogP contribution in [0.25, 0.3) is 11.5 Å². The molecule has 110 valence electrons. The Morgan fingerprint density at radius 3 is 2.90 bits per heavy atom. The van der Waals surface area contributed by atoms with Crippen LogP contribution in [-0.4, -0.2) is 24.0 Å². The zero-order valence-electron chi connectivity index (χ0n) is 12.1. The smallest absolute Gasteiger partial charge is 0.227 e. The van der Waals surface area contributed by atoms with Crippen molar-refractivity contribution in [2.24, 2.45) is 5.92 Å². The second kappa shape index (κ2) is 6.10. The molecule has 5 heteroatoms. The first kappa shape index (κ1) is 13.8. The Hall–Kier alpha value is -2.14. The van der Waals surface area contributed by atoms with Gasteiger partial charge in [-0.05, 0) is 51.1 Å². The molecule has 2 aromatic rings. The Balaban J connectivity index is 1.72. The number of hydrogen-bond donors (Lipinski definition) is 2. The van der Waals surface area contributed by atoms with Crippen molar-refractivity contribution in [3.8, 4) is 11.5 Å². The Morgan fingerprint density at radius 2 is 2.19 bits per heavy atom. The number of amides is 1. The zero-order valence-corrected chi connectivity index (χ0v) is 12.1. The number of aromatic nitrogens is 1. The predicted octanol–water partition coefficient (Wildman–Crippen LogP) is 2.59. The maximum Gasteiger partial charge on any atom is 0.227 e. The molecule has 0 spiro atoms. The van der Waals surface area contributed by atoms with E-state index in [1.165, 1.54) is 0 Å². The highest BCUT2D eigenvalue weighted by Gasteiger charge is 2.20. The number of carbonyl (C=O) groups is 1. The van der Waals surface area contributed by atoms with Crippen LogP contribution in [0.15, 0.2) is 34.9 Å². The summed E-state index contributed by atoms with van der Waals surface area (Å²) in [5.41, 5.74) is 2.49. The highest BCUT2D eigenvalue weighted by atomic mass is 16.3. The van der Waals surface area contributed by atoms with Crippen LogP contribution in [0.5, 0.6) is 0 Å². The fourth-order valence-corrected chi connectivity index (χ4v) is 2.54. The molecule has 0 aliphatic carbocycles. The molecule has 3 rings (SSSR count). The number of anilines is 1. The molecule has 1 aliphatic rings. The average Bonchev–Trinajstić information content (AvgIpc) is 2.95. The van der Waals surface area contributed by atoms with Crippen LogP contribution in [0.4, 0.5) is 5.69 Å². The van der Waals surface area contributed by atoms with E-state index >= 15 is 0 Å². The van der Waals surface area contributed by atoms with Crippen LogP contribution in [0.3, 0.4) is 0 Å². The van der Waals surface area contributed by atoms with E-state index in [4.69, 9.17) is 4.42 Å². The van der Waals surface area contributed by atoms with Crippen LogP contribution < -0.4 is 10.6 Å². The minimum absolute atomic E-state index is 0.0947. The summed E-state index contributed by atoms with van der Waals surface area (Å²) < 4.78 is 5.39. The van der Waals surface area contributed by atoms with E-state index in [9.17, 15) is 4.79 Å². The summed E-state index contributed by atoms with van der Waals surface area (Å²) in [6.45, 7) is 3.71. The average molecular weight is 285 g/mol. The van der Waals surface area contributed by atoms with Crippen LogP contribution in [0.2, 0.25) is 0 Å². The second-order valence-corrected chi connectivity index (χ2v) is 5.39. The molecule has 1 aromatic carbocycles. The molecule has 2 N–H and O–H groups in total. The molecule has 5 nitrogen and oxygen atoms in total. The summed E-state index contributed by atoms with van der Waals surface area (Å²) in [5, 5.41) is 6.26. The Bertz CT molecular complexity index is 630. The molecule has 21 heavy (non-hydrogen) atoms. The molecule has 1 saturated heterocycles. The Labute approximate surface area is 123 Å². The van der Waals surface area contributed by atoms with E-state index in [2.05, 4.69) is 15.6 Å². The normalized spacial score (nSPS) is 15.9. The number of benzene rings is 1. The van der Waals surface area contributed by atoms with E-state index in [0.29, 0.717) is 5.89 Å². The molecule has 1 fully saturated rings. The minimum Gasteiger partial charge on any atom is -0.444 e. The first-order valence-electron chi connectivity index (χ1n) is 7.26. The molecular weight excluding hydrogens is 266 g/mol. The van der Waals surface area contributed by atoms with Gasteiger partial charge in [-0.1, -0.05) is 6.07 Å². The number of piperidine rings is 1. The summed E-state index contributed by atoms with van der Waals surface area (Å²) in [7, 11) is 0. The van der Waals surface area contributed by atoms with Crippen molar-refractivity contribution < 1.29 is 9.21 Å². The lowest BCUT2D eigenvalue weighted by Gasteiger charge is -2.21. The van der Waals surface area contributed by atoms with Crippen LogP contribution in [-0.2, 0) is 4.79 Å². The number of hydrogen-bond acceptors (Lipinski definition) is 4. The van der Waals surface area contributed by atoms with Crippen molar-refractivity contribution in [1.82, 2.24) is 10.3 Å². The van der Waals surface area contributed by atoms with Crippen LogP contribution in [0.1, 0.15) is 18.5 Å². The molecule has 2 heterocycles. The van der Waals surface area contributed by atoms with Gasteiger partial charge < -0.3 is 15.1 Å². The monoisotopic (exact) mass is 285 g/mol. The lowest BCUT2D eigenvalue weighted by Crippen LogP contribution is -2.34. The number of nitrogens with one attached hydrogen (secondary N) is 2. The number of aryl methyl sites for hydroxylation is 1. The van der Waals surface area contributed by atoms with Gasteiger partial charge in [0.15, 0.2) is 0 Å². The third kappa shape index (κ3) is 3.31. The maximum absolute atomic E-state index is 12.2. The number of rotatable bonds is 3. The Morgan fingerprint density at radius 1 is 1.38 bits per heavy atom. The summed E-state index contributed by atoms with van der Waals surface area (Å²) in [4.78, 5) is 16.5. The lowest BCUT2D eigenvalue weighted by atomic mass is 9.97. The fourth-order valence-electron chi connectivity index (χ4n) is 2.54. The van der Waals surface area contributed by atoms with Gasteiger partial charge in [0.1, 0.15) is 6.26 Å². The molecule has 0 unspecified atom stereocenters. The van der Waals surface area contributed by atoms with Crippen molar-refractivity contribution in [2.45, 2.75) is 19.8 Å². The predicted molar refractivity (Wildman–Crippen MR) is 80.9 cm³/mol. The standard InChI is InChI=1S/C16H19N3O2/c1-11-10-21-16(18-11)13-3-2-4-14(9-13)19-15(20)12-5-7-17-8-6-12/h2-4,9-10,12,17H,5-8H2,1H3,(H,19,20). The second-order valence-electron chi connectivity index (χ2n) is 5.39. The van der Waals surface area contributed by atoms with E-state index in [1.54, 1.807) is 6.26 Å². The highest BCUT2D eigenvalue weighted by Crippen LogP contribution is 2.23. The van der Waals surface area contributed by atoms with E-state index in [0.717, 1.165) is 42.9 Å². The molecular formula is C16H19N3O2. The van der Waals surface area contributed by atoms with E-state index < -0.39 is 0 Å². The van der Waals surface area contributed by atoms with Crippen molar-refractivity contribution in [3.63, 3.8) is 0 Å². The molecule has 0 saturated carbocycles. The largest absolute Gasteiger partial charge is 0.444 e. The van der Waals surface area contributed by atoms with Crippen molar-refractivity contribution in [3.05, 3.63) is 36.2 Å². The third-order valence-electron chi connectivity index (χ3n) is 3.71. The summed E-state index contributed by atoms with van der Waals surface area (Å²) in [6, 6.07) is 7.60. The minimum atomic E-state index is 0.0947. The molecule has 1 amide bonds. The molecule has 1 aliphatic heterocycles. The van der Waals surface area contributed by atoms with Gasteiger partial charge in [-0.15, -0.1) is 0 Å². The van der Waals surface area contributed by atoms with Gasteiger partial charge in [0, 0.05) is 17.2 Å². The summed E-state index contributed by atoms with van der Waals surface area (Å²) in [5.74, 6) is 0.765. The number of nitrogens with zero attached hydrogens (tertiary/aromatic N) is 1. The highest BCUT2D eigenvalue weighted by molar-refractivity contribution is 5.93. The van der Waals surface area contributed by atoms with Crippen molar-refractivity contribution >= 4 is 11.6 Å². The Kier molecular flexibility index (Phi) is 4.01. The third-order valence-corrected chi connectivity index (χ3v) is 3.71. The van der Waals surface area contributed by atoms with Gasteiger partial charge in [0.25, 0.3) is 0 Å². The summed E-state index contributed by atoms with van der Waals surface area (Å²) in [6.07, 6.45) is 3.41. The van der Waals surface area contributed by atoms with Gasteiger partial charge >= 0.3 is 0 Å². The zero-order chi connectivity index (χ0) is 14.7. The quantitative estimate of drug-likeness (QED) is 0.909. The van der Waals surface area contributed by atoms with Gasteiger partial charge in [0.05, 0.1) is 5.69 Å². The number of oxazole rings is 1. The van der Waals surface area contributed by atoms with E-state index in [-0.39, 0.29) is 11.8 Å². The van der Waals surface area contributed by atoms with Crippen molar-refractivity contribution in [1.29, 1.82) is 0 Å². The first-order chi connectivity index (χ1) is 10.2. The summed E-state index contributed by atoms with van der Waals surface area (Å²) >= 11 is 0. The van der Waals surface area contributed by atoms with Gasteiger partial charge in [-0.25, -0.2) is 4.98 Å². The fraction of sp³-hybridized carbons (Fsp3) is 0.375. The van der Waals surface area contributed by atoms with Crippen molar-refractivity contribution in [2.75, 3.05) is 18.4 Å². The molecule has 0 atom stereocenters. The van der Waals surface area contributed by atoms with Crippen LogP contribution >= 0.6 is 0 Å². The number of carbonyl (C=O) groups excluding carboxylic acids is 1. The maximum atomic E-state index is 12.2. The van der Waals surface area contributed by atoms with Crippen LogP contribution in [0, 0.1) is 12.8 Å². The molecule has 1 aromatic heterocycles. The van der Waals surface area contributed by atoms with Gasteiger partial charge in [0.2, 0.25) is 11.8 Å². The van der Waals surface area contributed by atoms with Gasteiger partial charge in [-0.3, -0.25) is 4.79 Å². The topological polar surface area (TPSA) is 67.2 Å². The molecule has 0 radical (unpaired) electrons. The molecule has 0 bridgehead atoms. The first-order valence-corrected chi connectivity index (χ1v) is 7.26. The van der Waals surface area contributed by atoms with Gasteiger partial charge in [-0.2, -0.15) is 0 Å². The van der Waals surface area contributed by atoms with E-state index in [1.807, 2.05) is 31.2 Å². The lowest BCUT2D eigenvalue weighted by molar-refractivity contribution is -0.120. The SMILES string of the molecule is Cc1coc(-c2cccc(NC(=O)C3CCNCC3)c2)n1.